The Kier molecular flexibility index (Phi) is 5.19. The first-order valence-electron chi connectivity index (χ1n) is 10.1. The number of H-pyrrole nitrogens is 2. The second-order valence-corrected chi connectivity index (χ2v) is 7.35. The number of ether oxygens (including phenoxy) is 1. The molecule has 4 N–H and O–H groups in total. The van der Waals surface area contributed by atoms with Crippen molar-refractivity contribution in [3.05, 3.63) is 79.0 Å². The summed E-state index contributed by atoms with van der Waals surface area (Å²) in [6.07, 6.45) is 4.67. The molecule has 0 saturated heterocycles. The van der Waals surface area contributed by atoms with Gasteiger partial charge < -0.3 is 25.3 Å². The molecular weight excluding hydrogens is 425 g/mol. The number of benzene rings is 2. The van der Waals surface area contributed by atoms with E-state index < -0.39 is 24.1 Å². The summed E-state index contributed by atoms with van der Waals surface area (Å²) < 4.78 is 20.3. The highest BCUT2D eigenvalue weighted by atomic mass is 19.1. The summed E-state index contributed by atoms with van der Waals surface area (Å²) in [4.78, 5) is 34.7. The van der Waals surface area contributed by atoms with Gasteiger partial charge >= 0.3 is 0 Å². The van der Waals surface area contributed by atoms with E-state index >= 15 is 0 Å². The SMILES string of the molecule is O=C(CC(=O)Nc1ccc2[nH]ccc2c1)Nc1ccc(Oc2ccnc3[nH]ccc23)c(F)c1. The number of aromatic amines is 2. The number of hydrogen-bond acceptors (Lipinski definition) is 4. The van der Waals surface area contributed by atoms with Crippen molar-refractivity contribution in [3.63, 3.8) is 0 Å². The minimum absolute atomic E-state index is 0.000379. The minimum atomic E-state index is -0.655. The Balaban J connectivity index is 1.21. The van der Waals surface area contributed by atoms with Crippen LogP contribution >= 0.6 is 0 Å². The van der Waals surface area contributed by atoms with E-state index in [-0.39, 0.29) is 11.4 Å². The molecule has 0 saturated carbocycles. The predicted octanol–water partition coefficient (Wildman–Crippen LogP) is 4.94. The van der Waals surface area contributed by atoms with Gasteiger partial charge in [0.05, 0.1) is 5.39 Å². The smallest absolute Gasteiger partial charge is 0.233 e. The molecule has 0 aliphatic carbocycles. The van der Waals surface area contributed by atoms with Crippen molar-refractivity contribution in [1.29, 1.82) is 0 Å². The first-order valence-corrected chi connectivity index (χ1v) is 10.1. The van der Waals surface area contributed by atoms with Gasteiger partial charge in [-0.05, 0) is 48.5 Å². The van der Waals surface area contributed by atoms with Crippen LogP contribution < -0.4 is 15.4 Å². The minimum Gasteiger partial charge on any atom is -0.453 e. The zero-order valence-corrected chi connectivity index (χ0v) is 17.2. The Morgan fingerprint density at radius 3 is 2.45 bits per heavy atom. The number of hydrogen-bond donors (Lipinski definition) is 4. The van der Waals surface area contributed by atoms with Crippen molar-refractivity contribution in [3.8, 4) is 11.5 Å². The Bertz CT molecular complexity index is 1490. The van der Waals surface area contributed by atoms with Crippen molar-refractivity contribution in [1.82, 2.24) is 15.0 Å². The molecule has 0 atom stereocenters. The summed E-state index contributed by atoms with van der Waals surface area (Å²) in [5, 5.41) is 6.87. The lowest BCUT2D eigenvalue weighted by molar-refractivity contribution is -0.123. The molecule has 0 aliphatic heterocycles. The monoisotopic (exact) mass is 443 g/mol. The summed E-state index contributed by atoms with van der Waals surface area (Å²) in [5.74, 6) is -1.24. The van der Waals surface area contributed by atoms with E-state index in [4.69, 9.17) is 4.74 Å². The average Bonchev–Trinajstić information content (AvgIpc) is 3.45. The van der Waals surface area contributed by atoms with Crippen LogP contribution in [0.5, 0.6) is 11.5 Å². The predicted molar refractivity (Wildman–Crippen MR) is 123 cm³/mol. The van der Waals surface area contributed by atoms with Crippen LogP contribution in [0, 0.1) is 5.82 Å². The van der Waals surface area contributed by atoms with Crippen LogP contribution in [0.2, 0.25) is 0 Å². The third kappa shape index (κ3) is 4.38. The zero-order chi connectivity index (χ0) is 22.8. The van der Waals surface area contributed by atoms with Gasteiger partial charge in [-0.3, -0.25) is 9.59 Å². The highest BCUT2D eigenvalue weighted by Gasteiger charge is 2.13. The topological polar surface area (TPSA) is 112 Å². The Labute approximate surface area is 186 Å². The van der Waals surface area contributed by atoms with Gasteiger partial charge in [-0.25, -0.2) is 9.37 Å². The number of pyridine rings is 1. The number of amides is 2. The Morgan fingerprint density at radius 2 is 1.64 bits per heavy atom. The lowest BCUT2D eigenvalue weighted by Crippen LogP contribution is -2.21. The normalized spacial score (nSPS) is 10.9. The molecule has 9 heteroatoms. The number of fused-ring (bicyclic) bond motifs is 2. The highest BCUT2D eigenvalue weighted by Crippen LogP contribution is 2.31. The number of anilines is 2. The number of carbonyl (C=O) groups is 2. The number of carbonyl (C=O) groups excluding carboxylic acids is 2. The van der Waals surface area contributed by atoms with E-state index in [2.05, 4.69) is 25.6 Å². The summed E-state index contributed by atoms with van der Waals surface area (Å²) in [6.45, 7) is 0. The van der Waals surface area contributed by atoms with Crippen LogP contribution in [0.3, 0.4) is 0 Å². The molecule has 2 amide bonds. The van der Waals surface area contributed by atoms with Crippen molar-refractivity contribution in [2.45, 2.75) is 6.42 Å². The van der Waals surface area contributed by atoms with E-state index in [9.17, 15) is 14.0 Å². The Hall–Kier alpha value is -4.66. The van der Waals surface area contributed by atoms with Crippen molar-refractivity contribution >= 4 is 45.1 Å². The van der Waals surface area contributed by atoms with E-state index in [1.165, 1.54) is 12.1 Å². The second-order valence-electron chi connectivity index (χ2n) is 7.35. The number of aromatic nitrogens is 3. The van der Waals surface area contributed by atoms with Crippen LogP contribution in [-0.2, 0) is 9.59 Å². The quantitative estimate of drug-likeness (QED) is 0.278. The van der Waals surface area contributed by atoms with Gasteiger partial charge in [0.25, 0.3) is 0 Å². The summed E-state index contributed by atoms with van der Waals surface area (Å²) >= 11 is 0. The lowest BCUT2D eigenvalue weighted by atomic mass is 10.2. The maximum atomic E-state index is 14.6. The molecule has 0 unspecified atom stereocenters. The van der Waals surface area contributed by atoms with Gasteiger partial charge in [0.1, 0.15) is 17.8 Å². The Morgan fingerprint density at radius 1 is 0.879 bits per heavy atom. The van der Waals surface area contributed by atoms with Crippen LogP contribution in [0.4, 0.5) is 15.8 Å². The van der Waals surface area contributed by atoms with Crippen molar-refractivity contribution in [2.75, 3.05) is 10.6 Å². The van der Waals surface area contributed by atoms with E-state index in [0.717, 1.165) is 22.4 Å². The van der Waals surface area contributed by atoms with Crippen molar-refractivity contribution < 1.29 is 18.7 Å². The third-order valence-corrected chi connectivity index (χ3v) is 5.01. The lowest BCUT2D eigenvalue weighted by Gasteiger charge is -2.10. The number of rotatable bonds is 6. The largest absolute Gasteiger partial charge is 0.453 e. The first kappa shape index (κ1) is 20.3. The fraction of sp³-hybridized carbons (Fsp3) is 0.0417. The van der Waals surface area contributed by atoms with Gasteiger partial charge in [-0.2, -0.15) is 0 Å². The van der Waals surface area contributed by atoms with Gasteiger partial charge in [-0.15, -0.1) is 0 Å². The maximum Gasteiger partial charge on any atom is 0.233 e. The molecule has 3 heterocycles. The summed E-state index contributed by atoms with van der Waals surface area (Å²) in [5.41, 5.74) is 2.37. The molecule has 2 aromatic carbocycles. The molecule has 5 aromatic rings. The van der Waals surface area contributed by atoms with E-state index in [1.54, 1.807) is 42.9 Å². The molecular formula is C24H18FN5O3. The molecule has 0 fully saturated rings. The van der Waals surface area contributed by atoms with Crippen LogP contribution in [0.25, 0.3) is 21.9 Å². The van der Waals surface area contributed by atoms with Crippen LogP contribution in [0.1, 0.15) is 6.42 Å². The molecule has 0 bridgehead atoms. The van der Waals surface area contributed by atoms with Crippen LogP contribution in [-0.4, -0.2) is 26.8 Å². The summed E-state index contributed by atoms with van der Waals surface area (Å²) in [7, 11) is 0. The number of nitrogens with one attached hydrogen (secondary N) is 4. The molecule has 0 aliphatic rings. The van der Waals surface area contributed by atoms with Crippen LogP contribution in [0.15, 0.2) is 73.2 Å². The molecule has 164 valence electrons. The molecule has 33 heavy (non-hydrogen) atoms. The number of halogens is 1. The highest BCUT2D eigenvalue weighted by molar-refractivity contribution is 6.08. The van der Waals surface area contributed by atoms with Gasteiger partial charge in [0.2, 0.25) is 11.8 Å². The molecule has 0 radical (unpaired) electrons. The molecule has 8 nitrogen and oxygen atoms in total. The molecule has 0 spiro atoms. The zero-order valence-electron chi connectivity index (χ0n) is 17.2. The van der Waals surface area contributed by atoms with E-state index in [0.29, 0.717) is 17.1 Å². The van der Waals surface area contributed by atoms with Crippen molar-refractivity contribution in [2.24, 2.45) is 0 Å². The average molecular weight is 443 g/mol. The van der Waals surface area contributed by atoms with E-state index in [1.807, 2.05) is 12.1 Å². The fourth-order valence-electron chi connectivity index (χ4n) is 3.49. The standard InChI is InChI=1S/C24H18FN5O3/c25-18-12-16(2-4-21(18)33-20-7-10-28-24-17(20)6-9-27-24)30-23(32)13-22(31)29-15-1-3-19-14(11-15)5-8-26-19/h1-12,26H,13H2,(H,27,28)(H,29,31)(H,30,32). The van der Waals surface area contributed by atoms with Gasteiger partial charge in [-0.1, -0.05) is 0 Å². The number of nitrogens with zero attached hydrogens (tertiary/aromatic N) is 1. The summed E-state index contributed by atoms with van der Waals surface area (Å²) in [6, 6.07) is 14.7. The second kappa shape index (κ2) is 8.46. The molecule has 3 aromatic heterocycles. The third-order valence-electron chi connectivity index (χ3n) is 5.01. The maximum absolute atomic E-state index is 14.6. The molecule has 5 rings (SSSR count). The first-order chi connectivity index (χ1) is 16.0. The fourth-order valence-corrected chi connectivity index (χ4v) is 3.49. The van der Waals surface area contributed by atoms with Gasteiger partial charge in [0.15, 0.2) is 11.6 Å². The van der Waals surface area contributed by atoms with Gasteiger partial charge in [0, 0.05) is 46.9 Å².